The van der Waals surface area contributed by atoms with Gasteiger partial charge in [0.15, 0.2) is 0 Å². The van der Waals surface area contributed by atoms with Gasteiger partial charge in [-0.3, -0.25) is 0 Å². The summed E-state index contributed by atoms with van der Waals surface area (Å²) in [5, 5.41) is 3.33. The van der Waals surface area contributed by atoms with Crippen molar-refractivity contribution >= 4 is 0 Å². The van der Waals surface area contributed by atoms with Gasteiger partial charge in [0.25, 0.3) is 0 Å². The van der Waals surface area contributed by atoms with Crippen LogP contribution in [-0.2, 0) is 13.0 Å². The van der Waals surface area contributed by atoms with E-state index < -0.39 is 0 Å². The minimum Gasteiger partial charge on any atom is -0.477 e. The molecule has 0 fully saturated rings. The molecular formula is C15H24N2O. The molecule has 1 aromatic heterocycles. The first-order valence-corrected chi connectivity index (χ1v) is 6.74. The molecule has 0 aliphatic heterocycles. The molecule has 0 spiro atoms. The van der Waals surface area contributed by atoms with Gasteiger partial charge in [-0.05, 0) is 31.0 Å². The van der Waals surface area contributed by atoms with E-state index in [0.717, 1.165) is 43.9 Å². The maximum absolute atomic E-state index is 5.64. The van der Waals surface area contributed by atoms with Crippen LogP contribution in [0.4, 0.5) is 0 Å². The molecule has 0 aliphatic rings. The fourth-order valence-electron chi connectivity index (χ4n) is 1.70. The topological polar surface area (TPSA) is 34.1 Å². The summed E-state index contributed by atoms with van der Waals surface area (Å²) in [7, 11) is 0. The van der Waals surface area contributed by atoms with Crippen LogP contribution in [0.15, 0.2) is 24.8 Å². The molecule has 0 amide bonds. The van der Waals surface area contributed by atoms with Crippen molar-refractivity contribution in [1.29, 1.82) is 0 Å². The first-order chi connectivity index (χ1) is 8.80. The molecule has 1 rings (SSSR count). The van der Waals surface area contributed by atoms with Crippen LogP contribution in [0.3, 0.4) is 0 Å². The van der Waals surface area contributed by atoms with E-state index in [-0.39, 0.29) is 0 Å². The monoisotopic (exact) mass is 248 g/mol. The van der Waals surface area contributed by atoms with Gasteiger partial charge in [0, 0.05) is 18.3 Å². The summed E-state index contributed by atoms with van der Waals surface area (Å²) in [6, 6.07) is 4.18. The standard InChI is InChI=1S/C15H24N2O/c1-4-7-9-18-15-11-13(12-16-6-3)10-14(17-15)8-5-2/h4,10-11,16H,1,5-9,12H2,2-3H3. The zero-order valence-corrected chi connectivity index (χ0v) is 11.5. The third-order valence-electron chi connectivity index (χ3n) is 2.57. The smallest absolute Gasteiger partial charge is 0.213 e. The SMILES string of the molecule is C=CCCOc1cc(CNCC)cc(CCC)n1. The molecule has 0 bridgehead atoms. The van der Waals surface area contributed by atoms with Crippen LogP contribution in [0.1, 0.15) is 37.9 Å². The Morgan fingerprint density at radius 1 is 1.39 bits per heavy atom. The van der Waals surface area contributed by atoms with E-state index in [4.69, 9.17) is 4.74 Å². The normalized spacial score (nSPS) is 10.3. The minimum atomic E-state index is 0.646. The first kappa shape index (κ1) is 14.7. The lowest BCUT2D eigenvalue weighted by Gasteiger charge is -2.10. The average molecular weight is 248 g/mol. The second kappa shape index (κ2) is 8.70. The largest absolute Gasteiger partial charge is 0.477 e. The predicted molar refractivity (Wildman–Crippen MR) is 75.9 cm³/mol. The summed E-state index contributed by atoms with van der Waals surface area (Å²) < 4.78 is 5.64. The predicted octanol–water partition coefficient (Wildman–Crippen LogP) is 3.10. The van der Waals surface area contributed by atoms with Crippen molar-refractivity contribution < 1.29 is 4.74 Å². The third-order valence-corrected chi connectivity index (χ3v) is 2.57. The Balaban J connectivity index is 2.73. The van der Waals surface area contributed by atoms with Crippen LogP contribution >= 0.6 is 0 Å². The lowest BCUT2D eigenvalue weighted by atomic mass is 10.1. The molecule has 0 aliphatic carbocycles. The molecule has 3 heteroatoms. The van der Waals surface area contributed by atoms with Crippen LogP contribution in [-0.4, -0.2) is 18.1 Å². The maximum atomic E-state index is 5.64. The number of pyridine rings is 1. The van der Waals surface area contributed by atoms with Crippen molar-refractivity contribution in [3.8, 4) is 5.88 Å². The second-order valence-corrected chi connectivity index (χ2v) is 4.26. The Labute approximate surface area is 110 Å². The van der Waals surface area contributed by atoms with Crippen LogP contribution in [0.5, 0.6) is 5.88 Å². The molecule has 0 atom stereocenters. The van der Waals surface area contributed by atoms with Crippen LogP contribution in [0, 0.1) is 0 Å². The molecule has 3 nitrogen and oxygen atoms in total. The Hall–Kier alpha value is -1.35. The van der Waals surface area contributed by atoms with Gasteiger partial charge in [0.2, 0.25) is 5.88 Å². The summed E-state index contributed by atoms with van der Waals surface area (Å²) in [4.78, 5) is 4.52. The van der Waals surface area contributed by atoms with E-state index >= 15 is 0 Å². The fraction of sp³-hybridized carbons (Fsp3) is 0.533. The van der Waals surface area contributed by atoms with Gasteiger partial charge in [-0.25, -0.2) is 4.98 Å². The highest BCUT2D eigenvalue weighted by Gasteiger charge is 2.03. The van der Waals surface area contributed by atoms with Crippen molar-refractivity contribution in [1.82, 2.24) is 10.3 Å². The van der Waals surface area contributed by atoms with Crippen molar-refractivity contribution in [3.05, 3.63) is 36.0 Å². The van der Waals surface area contributed by atoms with Gasteiger partial charge in [-0.2, -0.15) is 0 Å². The average Bonchev–Trinajstić information content (AvgIpc) is 2.37. The highest BCUT2D eigenvalue weighted by Crippen LogP contribution is 2.14. The molecule has 1 aromatic rings. The van der Waals surface area contributed by atoms with E-state index in [1.807, 2.05) is 12.1 Å². The van der Waals surface area contributed by atoms with E-state index in [1.165, 1.54) is 5.56 Å². The van der Waals surface area contributed by atoms with Crippen molar-refractivity contribution in [2.24, 2.45) is 0 Å². The van der Waals surface area contributed by atoms with Gasteiger partial charge in [-0.15, -0.1) is 6.58 Å². The maximum Gasteiger partial charge on any atom is 0.213 e. The molecule has 0 aromatic carbocycles. The van der Waals surface area contributed by atoms with E-state index in [0.29, 0.717) is 6.61 Å². The Kier molecular flexibility index (Phi) is 7.11. The van der Waals surface area contributed by atoms with Gasteiger partial charge < -0.3 is 10.1 Å². The molecule has 0 saturated carbocycles. The van der Waals surface area contributed by atoms with Gasteiger partial charge in [0.1, 0.15) is 0 Å². The summed E-state index contributed by atoms with van der Waals surface area (Å²) in [5.74, 6) is 0.732. The number of hydrogen-bond donors (Lipinski definition) is 1. The molecule has 0 radical (unpaired) electrons. The van der Waals surface area contributed by atoms with Crippen molar-refractivity contribution in [2.75, 3.05) is 13.2 Å². The molecule has 0 saturated heterocycles. The van der Waals surface area contributed by atoms with Gasteiger partial charge in [-0.1, -0.05) is 26.3 Å². The highest BCUT2D eigenvalue weighted by atomic mass is 16.5. The van der Waals surface area contributed by atoms with E-state index in [2.05, 4.69) is 36.8 Å². The van der Waals surface area contributed by atoms with Crippen LogP contribution in [0.2, 0.25) is 0 Å². The van der Waals surface area contributed by atoms with Crippen LogP contribution in [0.25, 0.3) is 0 Å². The highest BCUT2D eigenvalue weighted by molar-refractivity contribution is 5.25. The zero-order chi connectivity index (χ0) is 13.2. The Morgan fingerprint density at radius 2 is 2.22 bits per heavy atom. The quantitative estimate of drug-likeness (QED) is 0.538. The van der Waals surface area contributed by atoms with Crippen molar-refractivity contribution in [2.45, 2.75) is 39.7 Å². The summed E-state index contributed by atoms with van der Waals surface area (Å²) in [5.41, 5.74) is 2.35. The lowest BCUT2D eigenvalue weighted by molar-refractivity contribution is 0.311. The fourth-order valence-corrected chi connectivity index (χ4v) is 1.70. The number of aromatic nitrogens is 1. The molecule has 1 heterocycles. The summed E-state index contributed by atoms with van der Waals surface area (Å²) in [6.45, 7) is 10.4. The number of ether oxygens (including phenoxy) is 1. The number of rotatable bonds is 9. The van der Waals surface area contributed by atoms with E-state index in [1.54, 1.807) is 0 Å². The first-order valence-electron chi connectivity index (χ1n) is 6.74. The molecular weight excluding hydrogens is 224 g/mol. The van der Waals surface area contributed by atoms with Crippen molar-refractivity contribution in [3.63, 3.8) is 0 Å². The second-order valence-electron chi connectivity index (χ2n) is 4.26. The van der Waals surface area contributed by atoms with Crippen LogP contribution < -0.4 is 10.1 Å². The summed E-state index contributed by atoms with van der Waals surface area (Å²) >= 11 is 0. The van der Waals surface area contributed by atoms with E-state index in [9.17, 15) is 0 Å². The summed E-state index contributed by atoms with van der Waals surface area (Å²) in [6.07, 6.45) is 4.80. The van der Waals surface area contributed by atoms with Gasteiger partial charge in [0.05, 0.1) is 6.61 Å². The molecule has 0 unspecified atom stereocenters. The number of hydrogen-bond acceptors (Lipinski definition) is 3. The minimum absolute atomic E-state index is 0.646. The zero-order valence-electron chi connectivity index (χ0n) is 11.5. The number of aryl methyl sites for hydroxylation is 1. The molecule has 100 valence electrons. The Bertz CT molecular complexity index is 364. The lowest BCUT2D eigenvalue weighted by Crippen LogP contribution is -2.12. The molecule has 18 heavy (non-hydrogen) atoms. The Morgan fingerprint density at radius 3 is 2.89 bits per heavy atom. The number of nitrogens with zero attached hydrogens (tertiary/aromatic N) is 1. The molecule has 1 N–H and O–H groups in total. The van der Waals surface area contributed by atoms with Gasteiger partial charge >= 0.3 is 0 Å². The number of nitrogens with one attached hydrogen (secondary N) is 1. The third kappa shape index (κ3) is 5.32.